The van der Waals surface area contributed by atoms with Gasteiger partial charge >= 0.3 is 0 Å². The summed E-state index contributed by atoms with van der Waals surface area (Å²) in [5.41, 5.74) is 7.28. The summed E-state index contributed by atoms with van der Waals surface area (Å²) < 4.78 is 36.1. The number of hydrogen-bond donors (Lipinski definition) is 0. The Bertz CT molecular complexity index is 3690. The molecule has 66 heavy (non-hydrogen) atoms. The lowest BCUT2D eigenvalue weighted by atomic mass is 9.97. The molecule has 11 nitrogen and oxygen atoms in total. The number of fused-ring (bicyclic) bond motifs is 6. The molecule has 0 amide bonds. The first-order chi connectivity index (χ1) is 32.5. The summed E-state index contributed by atoms with van der Waals surface area (Å²) in [6.07, 6.45) is 13.6. The molecule has 6 heterocycles. The Kier molecular flexibility index (Phi) is 8.95. The van der Waals surface area contributed by atoms with Crippen molar-refractivity contribution in [2.75, 3.05) is 0 Å². The zero-order valence-corrected chi connectivity index (χ0v) is 34.4. The van der Waals surface area contributed by atoms with Crippen LogP contribution in [0.1, 0.15) is 5.56 Å². The van der Waals surface area contributed by atoms with Crippen LogP contribution in [0, 0.1) is 23.0 Å². The summed E-state index contributed by atoms with van der Waals surface area (Å²) in [6, 6.07) is 40.5. The maximum atomic E-state index is 16.0. The van der Waals surface area contributed by atoms with Crippen LogP contribution in [-0.4, -0.2) is 49.0 Å². The van der Waals surface area contributed by atoms with E-state index in [1.54, 1.807) is 86.0 Å². The Morgan fingerprint density at radius 3 is 1.02 bits per heavy atom. The van der Waals surface area contributed by atoms with E-state index in [1.807, 2.05) is 72.8 Å². The average Bonchev–Trinajstić information content (AvgIpc) is 3.88. The standard InChI is InChI=1S/C53H29F2N11/c54-41-6-1-7-42(55)49(41)36-29-48(66-45-14-10-33(52-61-20-4-21-62-52)26-39(45)40-27-34(11-15-46(40)66)53-63-22-5-23-64-53)47(28-35(36)30-56)65-43-12-8-31(50-57-16-2-17-58-50)24-37(43)38-25-32(9-13-44(38)65)51-59-18-3-19-60-51/h1-29H. The van der Waals surface area contributed by atoms with Crippen LogP contribution in [0.3, 0.4) is 0 Å². The molecule has 0 saturated carbocycles. The molecule has 0 radical (unpaired) electrons. The number of halogens is 2. The van der Waals surface area contributed by atoms with Crippen molar-refractivity contribution < 1.29 is 8.78 Å². The molecule has 13 heteroatoms. The van der Waals surface area contributed by atoms with Crippen LogP contribution in [0.15, 0.2) is 177 Å². The van der Waals surface area contributed by atoms with E-state index in [0.29, 0.717) is 34.7 Å². The summed E-state index contributed by atoms with van der Waals surface area (Å²) >= 11 is 0. The lowest BCUT2D eigenvalue weighted by Crippen LogP contribution is -2.06. The number of nitrogens with zero attached hydrogens (tertiary/aromatic N) is 11. The zero-order chi connectivity index (χ0) is 44.3. The number of benzene rings is 6. The van der Waals surface area contributed by atoms with Gasteiger partial charge in [-0.2, -0.15) is 5.26 Å². The van der Waals surface area contributed by atoms with Gasteiger partial charge in [0.2, 0.25) is 0 Å². The zero-order valence-electron chi connectivity index (χ0n) is 34.4. The molecule has 0 aliphatic carbocycles. The maximum Gasteiger partial charge on any atom is 0.159 e. The first-order valence-electron chi connectivity index (χ1n) is 20.8. The molecule has 0 N–H and O–H groups in total. The van der Waals surface area contributed by atoms with E-state index in [4.69, 9.17) is 0 Å². The molecule has 0 saturated heterocycles. The fourth-order valence-corrected chi connectivity index (χ4v) is 8.90. The fraction of sp³-hybridized carbons (Fsp3) is 0. The van der Waals surface area contributed by atoms with Crippen molar-refractivity contribution in [3.63, 3.8) is 0 Å². The minimum atomic E-state index is -0.796. The van der Waals surface area contributed by atoms with E-state index >= 15 is 8.78 Å². The Morgan fingerprint density at radius 1 is 0.379 bits per heavy atom. The molecule has 12 aromatic rings. The number of hydrogen-bond acceptors (Lipinski definition) is 9. The summed E-state index contributed by atoms with van der Waals surface area (Å²) in [5, 5.41) is 14.3. The molecule has 0 spiro atoms. The molecule has 310 valence electrons. The monoisotopic (exact) mass is 857 g/mol. The molecule has 6 aromatic heterocycles. The second-order valence-corrected chi connectivity index (χ2v) is 15.5. The molecule has 0 aliphatic heterocycles. The van der Waals surface area contributed by atoms with Crippen molar-refractivity contribution in [3.05, 3.63) is 194 Å². The highest BCUT2D eigenvalue weighted by Crippen LogP contribution is 2.44. The maximum absolute atomic E-state index is 16.0. The minimum Gasteiger partial charge on any atom is -0.307 e. The summed E-state index contributed by atoms with van der Waals surface area (Å²) in [5.74, 6) is 0.608. The highest BCUT2D eigenvalue weighted by atomic mass is 19.1. The quantitative estimate of drug-likeness (QED) is 0.153. The number of nitriles is 1. The van der Waals surface area contributed by atoms with Crippen molar-refractivity contribution >= 4 is 43.6 Å². The molecular formula is C53H29F2N11. The van der Waals surface area contributed by atoms with Gasteiger partial charge in [-0.3, -0.25) is 0 Å². The normalized spacial score (nSPS) is 11.5. The van der Waals surface area contributed by atoms with Crippen LogP contribution >= 0.6 is 0 Å². The predicted octanol–water partition coefficient (Wildman–Crippen LogP) is 11.5. The van der Waals surface area contributed by atoms with Gasteiger partial charge in [-0.15, -0.1) is 0 Å². The van der Waals surface area contributed by atoms with Crippen LogP contribution in [0.4, 0.5) is 8.78 Å². The third-order valence-corrected chi connectivity index (χ3v) is 11.8. The topological polar surface area (TPSA) is 137 Å². The van der Waals surface area contributed by atoms with Gasteiger partial charge in [0.1, 0.15) is 11.6 Å². The third kappa shape index (κ3) is 6.23. The van der Waals surface area contributed by atoms with Gasteiger partial charge in [0.15, 0.2) is 23.3 Å². The average molecular weight is 858 g/mol. The van der Waals surface area contributed by atoms with E-state index in [2.05, 4.69) is 55.1 Å². The molecule has 12 rings (SSSR count). The van der Waals surface area contributed by atoms with E-state index in [1.165, 1.54) is 18.2 Å². The molecule has 0 aliphatic rings. The minimum absolute atomic E-state index is 0.0733. The van der Waals surface area contributed by atoms with E-state index in [9.17, 15) is 5.26 Å². The second-order valence-electron chi connectivity index (χ2n) is 15.5. The number of rotatable bonds is 7. The van der Waals surface area contributed by atoms with Crippen molar-refractivity contribution in [2.45, 2.75) is 0 Å². The lowest BCUT2D eigenvalue weighted by molar-refractivity contribution is 0.589. The van der Waals surface area contributed by atoms with Gasteiger partial charge in [0.25, 0.3) is 0 Å². The molecule has 0 unspecified atom stereocenters. The first kappa shape index (κ1) is 38.3. The van der Waals surface area contributed by atoms with E-state index < -0.39 is 11.6 Å². The predicted molar refractivity (Wildman–Crippen MR) is 249 cm³/mol. The van der Waals surface area contributed by atoms with Gasteiger partial charge in [-0.05, 0) is 121 Å². The molecule has 6 aromatic carbocycles. The largest absolute Gasteiger partial charge is 0.307 e. The van der Waals surface area contributed by atoms with Crippen molar-refractivity contribution in [3.8, 4) is 74.1 Å². The SMILES string of the molecule is N#Cc1cc(-n2c3ccc(-c4ncccn4)cc3c3cc(-c4ncccn4)ccc32)c(-n2c3ccc(-c4ncccn4)cc3c3cc(-c4ncccn4)ccc32)cc1-c1c(F)cccc1F. The van der Waals surface area contributed by atoms with Gasteiger partial charge in [-0.25, -0.2) is 48.7 Å². The lowest BCUT2D eigenvalue weighted by Gasteiger charge is -2.20. The smallest absolute Gasteiger partial charge is 0.159 e. The Balaban J connectivity index is 1.22. The van der Waals surface area contributed by atoms with Crippen LogP contribution < -0.4 is 0 Å². The van der Waals surface area contributed by atoms with Crippen LogP contribution in [-0.2, 0) is 0 Å². The first-order valence-corrected chi connectivity index (χ1v) is 20.8. The van der Waals surface area contributed by atoms with E-state index in [-0.39, 0.29) is 16.7 Å². The fourth-order valence-electron chi connectivity index (χ4n) is 8.90. The summed E-state index contributed by atoms with van der Waals surface area (Å²) in [7, 11) is 0. The van der Waals surface area contributed by atoms with Crippen LogP contribution in [0.2, 0.25) is 0 Å². The Hall–Kier alpha value is -9.41. The van der Waals surface area contributed by atoms with Gasteiger partial charge in [0.05, 0.1) is 50.6 Å². The molecule has 0 bridgehead atoms. The highest BCUT2D eigenvalue weighted by Gasteiger charge is 2.26. The second kappa shape index (κ2) is 15.4. The molecule has 0 atom stereocenters. The van der Waals surface area contributed by atoms with Gasteiger partial charge in [-0.1, -0.05) is 6.07 Å². The van der Waals surface area contributed by atoms with Crippen LogP contribution in [0.25, 0.3) is 112 Å². The van der Waals surface area contributed by atoms with Crippen molar-refractivity contribution in [1.82, 2.24) is 49.0 Å². The van der Waals surface area contributed by atoms with Crippen LogP contribution in [0.5, 0.6) is 0 Å². The molecule has 0 fully saturated rings. The highest BCUT2D eigenvalue weighted by molar-refractivity contribution is 6.14. The third-order valence-electron chi connectivity index (χ3n) is 11.8. The van der Waals surface area contributed by atoms with E-state index in [0.717, 1.165) is 65.9 Å². The summed E-state index contributed by atoms with van der Waals surface area (Å²) in [4.78, 5) is 36.4. The van der Waals surface area contributed by atoms with Crippen molar-refractivity contribution in [2.24, 2.45) is 0 Å². The molecular weight excluding hydrogens is 829 g/mol. The summed E-state index contributed by atoms with van der Waals surface area (Å²) in [6.45, 7) is 0. The van der Waals surface area contributed by atoms with Crippen molar-refractivity contribution in [1.29, 1.82) is 5.26 Å². The van der Waals surface area contributed by atoms with Gasteiger partial charge < -0.3 is 9.13 Å². The number of aromatic nitrogens is 10. The Morgan fingerprint density at radius 2 is 0.697 bits per heavy atom. The Labute approximate surface area is 373 Å². The van der Waals surface area contributed by atoms with Gasteiger partial charge in [0, 0.05) is 98.9 Å².